The molecule has 21 heavy (non-hydrogen) atoms. The summed E-state index contributed by atoms with van der Waals surface area (Å²) in [7, 11) is 1.52. The number of hydrogen-bond acceptors (Lipinski definition) is 3. The third kappa shape index (κ3) is 4.06. The Hall–Kier alpha value is -1.85. The minimum absolute atomic E-state index is 0.0628. The number of carbonyl (C=O) groups is 1. The number of hydrogen-bond donors (Lipinski definition) is 3. The average molecular weight is 290 g/mol. The summed E-state index contributed by atoms with van der Waals surface area (Å²) in [6.45, 7) is 2.51. The second-order valence-electron chi connectivity index (χ2n) is 5.22. The van der Waals surface area contributed by atoms with E-state index >= 15 is 0 Å². The lowest BCUT2D eigenvalue weighted by Gasteiger charge is -2.10. The van der Waals surface area contributed by atoms with Crippen LogP contribution in [0.4, 0.5) is 0 Å². The van der Waals surface area contributed by atoms with Gasteiger partial charge in [0.2, 0.25) is 5.91 Å². The number of benzene rings is 1. The van der Waals surface area contributed by atoms with Crippen LogP contribution in [0.3, 0.4) is 0 Å². The quantitative estimate of drug-likeness (QED) is 0.724. The number of aromatic amines is 1. The highest BCUT2D eigenvalue weighted by molar-refractivity contribution is 5.86. The number of nitrogens with one attached hydrogen (secondary N) is 2. The van der Waals surface area contributed by atoms with Gasteiger partial charge < -0.3 is 20.1 Å². The fraction of sp³-hybridized carbons (Fsp3) is 0.438. The molecule has 0 saturated heterocycles. The lowest BCUT2D eigenvalue weighted by Crippen LogP contribution is -2.34. The molecule has 0 radical (unpaired) electrons. The number of fused-ring (bicyclic) bond motifs is 1. The summed E-state index contributed by atoms with van der Waals surface area (Å²) in [5.74, 6) is -0.0628. The molecule has 1 atom stereocenters. The molecule has 1 aromatic carbocycles. The van der Waals surface area contributed by atoms with Crippen molar-refractivity contribution in [3.05, 3.63) is 35.5 Å². The van der Waals surface area contributed by atoms with Crippen LogP contribution in [-0.2, 0) is 16.0 Å². The third-order valence-corrected chi connectivity index (χ3v) is 3.52. The Morgan fingerprint density at radius 3 is 3.05 bits per heavy atom. The van der Waals surface area contributed by atoms with Crippen molar-refractivity contribution in [2.75, 3.05) is 20.3 Å². The molecule has 1 amide bonds. The summed E-state index contributed by atoms with van der Waals surface area (Å²) in [4.78, 5) is 15.0. The Bertz CT molecular complexity index is 607. The zero-order valence-electron chi connectivity index (χ0n) is 12.5. The maximum absolute atomic E-state index is 11.8. The van der Waals surface area contributed by atoms with Crippen molar-refractivity contribution in [3.8, 4) is 0 Å². The summed E-state index contributed by atoms with van der Waals surface area (Å²) >= 11 is 0. The predicted octanol–water partition coefficient (Wildman–Crippen LogP) is 1.53. The number of ether oxygens (including phenoxy) is 1. The summed E-state index contributed by atoms with van der Waals surface area (Å²) in [6.07, 6.45) is 2.38. The van der Waals surface area contributed by atoms with E-state index in [4.69, 9.17) is 4.74 Å². The first-order chi connectivity index (χ1) is 10.1. The number of H-pyrrole nitrogens is 1. The van der Waals surface area contributed by atoms with Crippen molar-refractivity contribution in [1.29, 1.82) is 0 Å². The van der Waals surface area contributed by atoms with E-state index in [1.165, 1.54) is 18.1 Å². The molecule has 5 heteroatoms. The van der Waals surface area contributed by atoms with Crippen LogP contribution in [0.2, 0.25) is 0 Å². The maximum atomic E-state index is 11.8. The van der Waals surface area contributed by atoms with Gasteiger partial charge in [0.25, 0.3) is 0 Å². The van der Waals surface area contributed by atoms with Gasteiger partial charge in [-0.25, -0.2) is 0 Å². The van der Waals surface area contributed by atoms with E-state index < -0.39 is 6.10 Å². The molecule has 114 valence electrons. The normalized spacial score (nSPS) is 12.5. The van der Waals surface area contributed by atoms with Crippen molar-refractivity contribution in [3.63, 3.8) is 0 Å². The molecular formula is C16H22N2O3. The van der Waals surface area contributed by atoms with Crippen molar-refractivity contribution in [1.82, 2.24) is 10.3 Å². The number of amides is 1. The number of aryl methyl sites for hydroxylation is 2. The third-order valence-electron chi connectivity index (χ3n) is 3.52. The van der Waals surface area contributed by atoms with Crippen molar-refractivity contribution in [2.45, 2.75) is 25.9 Å². The molecular weight excluding hydrogens is 268 g/mol. The summed E-state index contributed by atoms with van der Waals surface area (Å²) in [6, 6.07) is 6.15. The predicted molar refractivity (Wildman–Crippen MR) is 82.2 cm³/mol. The van der Waals surface area contributed by atoms with Gasteiger partial charge in [-0.1, -0.05) is 18.2 Å². The maximum Gasteiger partial charge on any atom is 0.220 e. The van der Waals surface area contributed by atoms with Crippen molar-refractivity contribution in [2.24, 2.45) is 0 Å². The average Bonchev–Trinajstić information content (AvgIpc) is 2.88. The first kappa shape index (κ1) is 15.5. The van der Waals surface area contributed by atoms with Crippen LogP contribution >= 0.6 is 0 Å². The van der Waals surface area contributed by atoms with E-state index in [0.717, 1.165) is 11.1 Å². The molecule has 0 spiro atoms. The van der Waals surface area contributed by atoms with Gasteiger partial charge in [-0.15, -0.1) is 0 Å². The molecule has 0 saturated carbocycles. The number of carbonyl (C=O) groups excluding carboxylic acids is 1. The van der Waals surface area contributed by atoms with E-state index in [1.807, 2.05) is 12.3 Å². The highest BCUT2D eigenvalue weighted by Crippen LogP contribution is 2.22. The monoisotopic (exact) mass is 290 g/mol. The van der Waals surface area contributed by atoms with Gasteiger partial charge in [0.05, 0.1) is 12.7 Å². The zero-order valence-corrected chi connectivity index (χ0v) is 12.5. The minimum atomic E-state index is -0.658. The van der Waals surface area contributed by atoms with Crippen LogP contribution in [0.25, 0.3) is 10.9 Å². The molecule has 5 nitrogen and oxygen atoms in total. The van der Waals surface area contributed by atoms with Gasteiger partial charge in [0.1, 0.15) is 0 Å². The Morgan fingerprint density at radius 2 is 2.29 bits per heavy atom. The fourth-order valence-corrected chi connectivity index (χ4v) is 2.39. The lowest BCUT2D eigenvalue weighted by molar-refractivity contribution is -0.121. The molecule has 0 aliphatic carbocycles. The number of aliphatic hydroxyl groups is 1. The summed E-state index contributed by atoms with van der Waals surface area (Å²) in [5.41, 5.74) is 3.47. The number of methoxy groups -OCH3 is 1. The van der Waals surface area contributed by atoms with Crippen LogP contribution in [-0.4, -0.2) is 42.4 Å². The SMILES string of the molecule is COCC(O)CNC(=O)CCc1c[nH]c2c(C)cccc12. The van der Waals surface area contributed by atoms with Crippen molar-refractivity contribution < 1.29 is 14.6 Å². The Kier molecular flexibility index (Phi) is 5.36. The van der Waals surface area contributed by atoms with Gasteiger partial charge in [-0.3, -0.25) is 4.79 Å². The van der Waals surface area contributed by atoms with Crippen LogP contribution in [0.15, 0.2) is 24.4 Å². The van der Waals surface area contributed by atoms with E-state index in [9.17, 15) is 9.90 Å². The standard InChI is InChI=1S/C16H22N2O3/c1-11-4-3-5-14-12(8-18-16(11)14)6-7-15(20)17-9-13(19)10-21-2/h3-5,8,13,18-19H,6-7,9-10H2,1-2H3,(H,17,20). The molecule has 0 fully saturated rings. The molecule has 0 aliphatic rings. The number of aromatic nitrogens is 1. The van der Waals surface area contributed by atoms with Gasteiger partial charge in [-0.05, 0) is 24.5 Å². The van der Waals surface area contributed by atoms with Gasteiger partial charge >= 0.3 is 0 Å². The van der Waals surface area contributed by atoms with Gasteiger partial charge in [-0.2, -0.15) is 0 Å². The van der Waals surface area contributed by atoms with E-state index in [1.54, 1.807) is 0 Å². The molecule has 1 heterocycles. The largest absolute Gasteiger partial charge is 0.389 e. The second kappa shape index (κ2) is 7.24. The highest BCUT2D eigenvalue weighted by atomic mass is 16.5. The zero-order chi connectivity index (χ0) is 15.2. The summed E-state index contributed by atoms with van der Waals surface area (Å²) < 4.78 is 4.81. The van der Waals surface area contributed by atoms with Gasteiger partial charge in [0, 0.05) is 37.2 Å². The molecule has 3 N–H and O–H groups in total. The number of aliphatic hydroxyl groups excluding tert-OH is 1. The number of rotatable bonds is 7. The Balaban J connectivity index is 1.87. The van der Waals surface area contributed by atoms with E-state index in [2.05, 4.69) is 29.4 Å². The molecule has 2 rings (SSSR count). The first-order valence-electron chi connectivity index (χ1n) is 7.11. The minimum Gasteiger partial charge on any atom is -0.389 e. The van der Waals surface area contributed by atoms with E-state index in [0.29, 0.717) is 12.8 Å². The molecule has 2 aromatic rings. The fourth-order valence-electron chi connectivity index (χ4n) is 2.39. The molecule has 1 aromatic heterocycles. The first-order valence-corrected chi connectivity index (χ1v) is 7.11. The highest BCUT2D eigenvalue weighted by Gasteiger charge is 2.09. The lowest BCUT2D eigenvalue weighted by atomic mass is 10.1. The van der Waals surface area contributed by atoms with Crippen molar-refractivity contribution >= 4 is 16.8 Å². The molecule has 1 unspecified atom stereocenters. The molecule has 0 aliphatic heterocycles. The van der Waals surface area contributed by atoms with Crippen LogP contribution in [0.1, 0.15) is 17.5 Å². The number of para-hydroxylation sites is 1. The smallest absolute Gasteiger partial charge is 0.220 e. The van der Waals surface area contributed by atoms with Gasteiger partial charge in [0.15, 0.2) is 0 Å². The second-order valence-corrected chi connectivity index (χ2v) is 5.22. The van der Waals surface area contributed by atoms with Crippen LogP contribution in [0, 0.1) is 6.92 Å². The molecule has 0 bridgehead atoms. The summed E-state index contributed by atoms with van der Waals surface area (Å²) in [5, 5.41) is 13.4. The van der Waals surface area contributed by atoms with E-state index in [-0.39, 0.29) is 19.1 Å². The Morgan fingerprint density at radius 1 is 1.48 bits per heavy atom. The van der Waals surface area contributed by atoms with Crippen LogP contribution < -0.4 is 5.32 Å². The Labute approximate surface area is 124 Å². The van der Waals surface area contributed by atoms with Crippen LogP contribution in [0.5, 0.6) is 0 Å². The topological polar surface area (TPSA) is 74.3 Å².